The normalized spacial score (nSPS) is 11.8. The van der Waals surface area contributed by atoms with Crippen molar-refractivity contribution in [1.29, 1.82) is 0 Å². The highest BCUT2D eigenvalue weighted by Gasteiger charge is 2.33. The number of rotatable bonds is 5. The number of hydrogen-bond donors (Lipinski definition) is 1. The molecule has 0 unspecified atom stereocenters. The highest BCUT2D eigenvalue weighted by Crippen LogP contribution is 2.34. The second kappa shape index (κ2) is 8.77. The standard InChI is InChI=1S/C22H18F3N3O2/c1-14(17-5-3-4-6-18(17)22(23,24)25)11-21(29)28-20-12-19(26-13-27-20)15-7-9-16(30-2)10-8-15/h3-13H,1-2H3,(H,26,27,28,29)/b14-11+. The first-order valence-electron chi connectivity index (χ1n) is 8.90. The van der Waals surface area contributed by atoms with E-state index in [1.54, 1.807) is 25.3 Å². The summed E-state index contributed by atoms with van der Waals surface area (Å²) in [7, 11) is 1.57. The minimum atomic E-state index is -4.51. The van der Waals surface area contributed by atoms with Crippen LogP contribution in [0.3, 0.4) is 0 Å². The number of ether oxygens (including phenoxy) is 1. The summed E-state index contributed by atoms with van der Waals surface area (Å²) in [5.74, 6) is 0.332. The predicted octanol–water partition coefficient (Wildman–Crippen LogP) is 5.21. The highest BCUT2D eigenvalue weighted by atomic mass is 19.4. The summed E-state index contributed by atoms with van der Waals surface area (Å²) in [6.07, 6.45) is -2.10. The Morgan fingerprint density at radius 2 is 1.77 bits per heavy atom. The average molecular weight is 413 g/mol. The van der Waals surface area contributed by atoms with Crippen molar-refractivity contribution < 1.29 is 22.7 Å². The molecule has 0 spiro atoms. The van der Waals surface area contributed by atoms with E-state index in [0.717, 1.165) is 17.7 Å². The summed E-state index contributed by atoms with van der Waals surface area (Å²) in [5.41, 5.74) is 0.701. The average Bonchev–Trinajstić information content (AvgIpc) is 2.73. The molecule has 0 aliphatic heterocycles. The predicted molar refractivity (Wildman–Crippen MR) is 108 cm³/mol. The van der Waals surface area contributed by atoms with E-state index in [2.05, 4.69) is 15.3 Å². The van der Waals surface area contributed by atoms with Crippen molar-refractivity contribution in [3.05, 3.63) is 78.1 Å². The van der Waals surface area contributed by atoms with Gasteiger partial charge < -0.3 is 10.1 Å². The molecule has 2 aromatic carbocycles. The number of methoxy groups -OCH3 is 1. The van der Waals surface area contributed by atoms with Crippen LogP contribution in [0.15, 0.2) is 67.0 Å². The number of benzene rings is 2. The Balaban J connectivity index is 1.80. The SMILES string of the molecule is COc1ccc(-c2cc(NC(=O)/C=C(\C)c3ccccc3C(F)(F)F)ncn2)cc1. The van der Waals surface area contributed by atoms with E-state index in [1.807, 2.05) is 12.1 Å². The molecule has 3 rings (SSSR count). The third-order valence-corrected chi connectivity index (χ3v) is 4.31. The van der Waals surface area contributed by atoms with E-state index in [-0.39, 0.29) is 17.0 Å². The molecule has 5 nitrogen and oxygen atoms in total. The summed E-state index contributed by atoms with van der Waals surface area (Å²) in [5, 5.41) is 2.56. The first kappa shape index (κ1) is 21.0. The van der Waals surface area contributed by atoms with Crippen LogP contribution in [0, 0.1) is 0 Å². The second-order valence-corrected chi connectivity index (χ2v) is 6.38. The number of nitrogens with zero attached hydrogens (tertiary/aromatic N) is 2. The molecule has 0 saturated heterocycles. The maximum atomic E-state index is 13.2. The number of halogens is 3. The number of carbonyl (C=O) groups is 1. The van der Waals surface area contributed by atoms with Gasteiger partial charge in [0.05, 0.1) is 18.4 Å². The van der Waals surface area contributed by atoms with Crippen LogP contribution in [0.25, 0.3) is 16.8 Å². The second-order valence-electron chi connectivity index (χ2n) is 6.38. The molecule has 1 aromatic heterocycles. The number of allylic oxidation sites excluding steroid dienone is 1. The number of alkyl halides is 3. The lowest BCUT2D eigenvalue weighted by Crippen LogP contribution is -2.12. The van der Waals surface area contributed by atoms with Crippen LogP contribution in [-0.4, -0.2) is 23.0 Å². The Kier molecular flexibility index (Phi) is 6.15. The third-order valence-electron chi connectivity index (χ3n) is 4.31. The molecule has 0 aliphatic rings. The van der Waals surface area contributed by atoms with Gasteiger partial charge in [0.1, 0.15) is 17.9 Å². The van der Waals surface area contributed by atoms with Crippen molar-refractivity contribution in [2.75, 3.05) is 12.4 Å². The van der Waals surface area contributed by atoms with Crippen LogP contribution >= 0.6 is 0 Å². The Morgan fingerprint density at radius 3 is 2.43 bits per heavy atom. The zero-order valence-electron chi connectivity index (χ0n) is 16.2. The fourth-order valence-electron chi connectivity index (χ4n) is 2.86. The minimum absolute atomic E-state index is 0.0539. The van der Waals surface area contributed by atoms with E-state index >= 15 is 0 Å². The summed E-state index contributed by atoms with van der Waals surface area (Å²) in [4.78, 5) is 20.5. The lowest BCUT2D eigenvalue weighted by atomic mass is 10.00. The van der Waals surface area contributed by atoms with Crippen LogP contribution < -0.4 is 10.1 Å². The van der Waals surface area contributed by atoms with Crippen molar-refractivity contribution in [3.8, 4) is 17.0 Å². The molecule has 8 heteroatoms. The van der Waals surface area contributed by atoms with Crippen LogP contribution in [0.5, 0.6) is 5.75 Å². The Labute approximate surface area is 171 Å². The minimum Gasteiger partial charge on any atom is -0.497 e. The smallest absolute Gasteiger partial charge is 0.416 e. The van der Waals surface area contributed by atoms with Gasteiger partial charge in [-0.25, -0.2) is 9.97 Å². The Hall–Kier alpha value is -3.68. The van der Waals surface area contributed by atoms with Gasteiger partial charge in [-0.2, -0.15) is 13.2 Å². The molecule has 30 heavy (non-hydrogen) atoms. The molecule has 1 N–H and O–H groups in total. The van der Waals surface area contributed by atoms with E-state index in [4.69, 9.17) is 4.74 Å². The van der Waals surface area contributed by atoms with Crippen molar-refractivity contribution >= 4 is 17.3 Å². The molecular formula is C22H18F3N3O2. The van der Waals surface area contributed by atoms with Gasteiger partial charge in [0.2, 0.25) is 5.91 Å². The van der Waals surface area contributed by atoms with Gasteiger partial charge in [0.15, 0.2) is 0 Å². The van der Waals surface area contributed by atoms with Gasteiger partial charge in [-0.15, -0.1) is 0 Å². The third kappa shape index (κ3) is 5.02. The molecule has 154 valence electrons. The summed E-state index contributed by atoms with van der Waals surface area (Å²) < 4.78 is 44.7. The number of amides is 1. The number of aromatic nitrogens is 2. The van der Waals surface area contributed by atoms with Gasteiger partial charge in [-0.3, -0.25) is 4.79 Å². The fraction of sp³-hybridized carbons (Fsp3) is 0.136. The molecule has 0 bridgehead atoms. The van der Waals surface area contributed by atoms with Crippen LogP contribution in [0.2, 0.25) is 0 Å². The van der Waals surface area contributed by atoms with Crippen molar-refractivity contribution in [3.63, 3.8) is 0 Å². The van der Waals surface area contributed by atoms with Crippen LogP contribution in [0.4, 0.5) is 19.0 Å². The zero-order valence-corrected chi connectivity index (χ0v) is 16.2. The van der Waals surface area contributed by atoms with Crippen LogP contribution in [-0.2, 0) is 11.0 Å². The summed E-state index contributed by atoms with van der Waals surface area (Å²) in [6, 6.07) is 13.9. The number of carbonyl (C=O) groups excluding carboxylic acids is 1. The maximum absolute atomic E-state index is 13.2. The first-order valence-corrected chi connectivity index (χ1v) is 8.90. The maximum Gasteiger partial charge on any atom is 0.416 e. The Bertz CT molecular complexity index is 1080. The highest BCUT2D eigenvalue weighted by molar-refractivity contribution is 6.03. The molecule has 0 aliphatic carbocycles. The monoisotopic (exact) mass is 413 g/mol. The molecule has 0 fully saturated rings. The van der Waals surface area contributed by atoms with Gasteiger partial charge >= 0.3 is 6.18 Å². The Morgan fingerprint density at radius 1 is 1.07 bits per heavy atom. The number of hydrogen-bond acceptors (Lipinski definition) is 4. The molecule has 1 heterocycles. The lowest BCUT2D eigenvalue weighted by molar-refractivity contribution is -0.137. The first-order chi connectivity index (χ1) is 14.3. The molecule has 0 saturated carbocycles. The van der Waals surface area contributed by atoms with Gasteiger partial charge in [-0.1, -0.05) is 18.2 Å². The molecule has 3 aromatic rings. The van der Waals surface area contributed by atoms with Gasteiger partial charge in [0.25, 0.3) is 0 Å². The van der Waals surface area contributed by atoms with E-state index in [9.17, 15) is 18.0 Å². The van der Waals surface area contributed by atoms with Crippen LogP contribution in [0.1, 0.15) is 18.1 Å². The molecule has 0 atom stereocenters. The van der Waals surface area contributed by atoms with Crippen molar-refractivity contribution in [1.82, 2.24) is 9.97 Å². The van der Waals surface area contributed by atoms with E-state index < -0.39 is 17.6 Å². The molecule has 0 radical (unpaired) electrons. The summed E-state index contributed by atoms with van der Waals surface area (Å²) in [6.45, 7) is 1.45. The molecule has 1 amide bonds. The van der Waals surface area contributed by atoms with Gasteiger partial charge in [-0.05, 0) is 48.4 Å². The molecular weight excluding hydrogens is 395 g/mol. The number of anilines is 1. The lowest BCUT2D eigenvalue weighted by Gasteiger charge is -2.13. The van der Waals surface area contributed by atoms with Crippen molar-refractivity contribution in [2.24, 2.45) is 0 Å². The van der Waals surface area contributed by atoms with E-state index in [0.29, 0.717) is 11.4 Å². The topological polar surface area (TPSA) is 64.1 Å². The van der Waals surface area contributed by atoms with E-state index in [1.165, 1.54) is 31.5 Å². The van der Waals surface area contributed by atoms with Crippen molar-refractivity contribution in [2.45, 2.75) is 13.1 Å². The quantitative estimate of drug-likeness (QED) is 0.583. The zero-order chi connectivity index (χ0) is 21.7. The van der Waals surface area contributed by atoms with Gasteiger partial charge in [0, 0.05) is 17.7 Å². The summed E-state index contributed by atoms with van der Waals surface area (Å²) >= 11 is 0. The largest absolute Gasteiger partial charge is 0.497 e. The number of nitrogens with one attached hydrogen (secondary N) is 1. The fourth-order valence-corrected chi connectivity index (χ4v) is 2.86.